The summed E-state index contributed by atoms with van der Waals surface area (Å²) in [5, 5.41) is 2.50. The van der Waals surface area contributed by atoms with Crippen LogP contribution in [0.1, 0.15) is 23.7 Å². The van der Waals surface area contributed by atoms with Crippen LogP contribution in [-0.4, -0.2) is 36.6 Å². The number of nitrogens with one attached hydrogen (secondary N) is 1. The fourth-order valence-corrected chi connectivity index (χ4v) is 2.42. The first kappa shape index (κ1) is 15.5. The molecule has 1 rings (SSSR count). The zero-order valence-corrected chi connectivity index (χ0v) is 11.4. The molecule has 1 amide bonds. The first-order valence-electron chi connectivity index (χ1n) is 5.59. The predicted octanol–water partition coefficient (Wildman–Crippen LogP) is 1.86. The molecule has 0 aromatic carbocycles. The van der Waals surface area contributed by atoms with Crippen molar-refractivity contribution in [3.63, 3.8) is 0 Å². The van der Waals surface area contributed by atoms with Crippen molar-refractivity contribution in [3.05, 3.63) is 5.56 Å². The van der Waals surface area contributed by atoms with Crippen LogP contribution in [0, 0.1) is 0 Å². The van der Waals surface area contributed by atoms with Crippen molar-refractivity contribution in [2.24, 2.45) is 0 Å². The molecule has 0 aliphatic heterocycles. The summed E-state index contributed by atoms with van der Waals surface area (Å²) in [4.78, 5) is 12.7. The van der Waals surface area contributed by atoms with E-state index >= 15 is 0 Å². The van der Waals surface area contributed by atoms with Crippen LogP contribution in [-0.2, 0) is 0 Å². The van der Waals surface area contributed by atoms with Crippen LogP contribution < -0.4 is 16.0 Å². The maximum absolute atomic E-state index is 12.5. The Morgan fingerprint density at radius 3 is 2.63 bits per heavy atom. The molecule has 0 spiro atoms. The van der Waals surface area contributed by atoms with E-state index in [1.807, 2.05) is 0 Å². The van der Waals surface area contributed by atoms with E-state index in [0.29, 0.717) is 6.42 Å². The molecular weight excluding hydrogens is 281 g/mol. The van der Waals surface area contributed by atoms with Crippen LogP contribution in [0.5, 0.6) is 0 Å². The Morgan fingerprint density at radius 1 is 1.53 bits per heavy atom. The standard InChI is InChI=1S/C10H15F3N4OS/c1-3-4-17(5-10(11,12)13)9-6(8(18)15-2)7(14)16-19-9/h3-5H2,1-2H3,(H2,14,16)(H,15,18). The van der Waals surface area contributed by atoms with E-state index in [0.717, 1.165) is 16.4 Å². The minimum atomic E-state index is -4.35. The van der Waals surface area contributed by atoms with Crippen molar-refractivity contribution in [1.82, 2.24) is 9.69 Å². The number of nitrogen functional groups attached to an aromatic ring is 1. The maximum atomic E-state index is 12.5. The molecule has 0 fully saturated rings. The van der Waals surface area contributed by atoms with Gasteiger partial charge >= 0.3 is 6.18 Å². The van der Waals surface area contributed by atoms with Gasteiger partial charge < -0.3 is 16.0 Å². The van der Waals surface area contributed by atoms with Crippen LogP contribution in [0.25, 0.3) is 0 Å². The third kappa shape index (κ3) is 3.98. The average molecular weight is 296 g/mol. The van der Waals surface area contributed by atoms with Crippen LogP contribution in [0.15, 0.2) is 0 Å². The number of nitrogens with two attached hydrogens (primary N) is 1. The molecule has 0 aliphatic rings. The molecule has 1 heterocycles. The highest BCUT2D eigenvalue weighted by atomic mass is 32.1. The van der Waals surface area contributed by atoms with Gasteiger partial charge in [-0.1, -0.05) is 6.92 Å². The molecule has 0 saturated heterocycles. The third-order valence-electron chi connectivity index (χ3n) is 2.31. The number of rotatable bonds is 5. The van der Waals surface area contributed by atoms with Gasteiger partial charge in [-0.05, 0) is 18.0 Å². The topological polar surface area (TPSA) is 71.2 Å². The van der Waals surface area contributed by atoms with E-state index in [4.69, 9.17) is 5.73 Å². The maximum Gasteiger partial charge on any atom is 0.405 e. The van der Waals surface area contributed by atoms with Gasteiger partial charge in [-0.15, -0.1) is 0 Å². The lowest BCUT2D eigenvalue weighted by Crippen LogP contribution is -2.35. The number of carbonyl (C=O) groups excluding carboxylic acids is 1. The highest BCUT2D eigenvalue weighted by molar-refractivity contribution is 7.11. The molecule has 9 heteroatoms. The largest absolute Gasteiger partial charge is 0.405 e. The van der Waals surface area contributed by atoms with Crippen LogP contribution in [0.2, 0.25) is 0 Å². The Kier molecular flexibility index (Phi) is 4.98. The number of aromatic nitrogens is 1. The Balaban J connectivity index is 3.12. The number of nitrogens with zero attached hydrogens (tertiary/aromatic N) is 2. The van der Waals surface area contributed by atoms with Crippen molar-refractivity contribution < 1.29 is 18.0 Å². The van der Waals surface area contributed by atoms with Gasteiger partial charge in [0, 0.05) is 13.6 Å². The van der Waals surface area contributed by atoms with Gasteiger partial charge in [0.1, 0.15) is 17.1 Å². The molecule has 5 nitrogen and oxygen atoms in total. The summed E-state index contributed by atoms with van der Waals surface area (Å²) >= 11 is 0.799. The second kappa shape index (κ2) is 6.09. The van der Waals surface area contributed by atoms with Crippen molar-refractivity contribution in [1.29, 1.82) is 0 Å². The lowest BCUT2D eigenvalue weighted by molar-refractivity contribution is -0.119. The Hall–Kier alpha value is -1.51. The Labute approximate surface area is 112 Å². The van der Waals surface area contributed by atoms with E-state index in [1.54, 1.807) is 6.92 Å². The highest BCUT2D eigenvalue weighted by Gasteiger charge is 2.33. The second-order valence-corrected chi connectivity index (χ2v) is 4.62. The minimum absolute atomic E-state index is 0.00481. The van der Waals surface area contributed by atoms with Gasteiger partial charge in [-0.2, -0.15) is 17.5 Å². The number of hydrogen-bond donors (Lipinski definition) is 2. The first-order chi connectivity index (χ1) is 8.80. The van der Waals surface area contributed by atoms with Crippen molar-refractivity contribution in [3.8, 4) is 0 Å². The van der Waals surface area contributed by atoms with Gasteiger partial charge in [0.05, 0.1) is 0 Å². The quantitative estimate of drug-likeness (QED) is 0.870. The van der Waals surface area contributed by atoms with Crippen molar-refractivity contribution in [2.45, 2.75) is 19.5 Å². The summed E-state index contributed by atoms with van der Waals surface area (Å²) in [5.41, 5.74) is 5.55. The summed E-state index contributed by atoms with van der Waals surface area (Å²) in [6, 6.07) is 0. The average Bonchev–Trinajstić information content (AvgIpc) is 2.68. The zero-order valence-electron chi connectivity index (χ0n) is 10.5. The Bertz CT molecular complexity index is 446. The van der Waals surface area contributed by atoms with Gasteiger partial charge in [-0.3, -0.25) is 4.79 Å². The lowest BCUT2D eigenvalue weighted by Gasteiger charge is -2.24. The molecule has 1 aromatic heterocycles. The molecule has 0 saturated carbocycles. The van der Waals surface area contributed by atoms with Crippen molar-refractivity contribution >= 4 is 28.3 Å². The normalized spacial score (nSPS) is 11.4. The predicted molar refractivity (Wildman–Crippen MR) is 68.5 cm³/mol. The summed E-state index contributed by atoms with van der Waals surface area (Å²) in [5.74, 6) is -0.591. The van der Waals surface area contributed by atoms with Gasteiger partial charge in [0.25, 0.3) is 5.91 Å². The molecule has 0 unspecified atom stereocenters. The monoisotopic (exact) mass is 296 g/mol. The molecule has 1 aromatic rings. The summed E-state index contributed by atoms with van der Waals surface area (Å²) in [6.45, 7) is 0.797. The molecule has 0 bridgehead atoms. The summed E-state index contributed by atoms with van der Waals surface area (Å²) < 4.78 is 41.4. The number of halogens is 3. The molecule has 19 heavy (non-hydrogen) atoms. The molecule has 0 aliphatic carbocycles. The fraction of sp³-hybridized carbons (Fsp3) is 0.600. The number of alkyl halides is 3. The number of hydrogen-bond acceptors (Lipinski definition) is 5. The van der Waals surface area contributed by atoms with Crippen molar-refractivity contribution in [2.75, 3.05) is 30.8 Å². The van der Waals surface area contributed by atoms with Gasteiger partial charge in [-0.25, -0.2) is 0 Å². The van der Waals surface area contributed by atoms with Gasteiger partial charge in [0.2, 0.25) is 0 Å². The summed E-state index contributed by atoms with van der Waals surface area (Å²) in [7, 11) is 1.39. The van der Waals surface area contributed by atoms with Crippen LogP contribution in [0.4, 0.5) is 24.0 Å². The first-order valence-corrected chi connectivity index (χ1v) is 6.36. The molecule has 0 atom stereocenters. The smallest absolute Gasteiger partial charge is 0.382 e. The van der Waals surface area contributed by atoms with E-state index in [9.17, 15) is 18.0 Å². The zero-order chi connectivity index (χ0) is 14.6. The molecule has 108 valence electrons. The Morgan fingerprint density at radius 2 is 2.16 bits per heavy atom. The van der Waals surface area contributed by atoms with E-state index in [-0.39, 0.29) is 22.9 Å². The minimum Gasteiger partial charge on any atom is -0.382 e. The molecule has 0 radical (unpaired) electrons. The van der Waals surface area contributed by atoms with E-state index in [1.165, 1.54) is 7.05 Å². The number of amides is 1. The number of carbonyl (C=O) groups is 1. The second-order valence-electron chi connectivity index (χ2n) is 3.86. The number of anilines is 2. The van der Waals surface area contributed by atoms with E-state index < -0.39 is 18.6 Å². The highest BCUT2D eigenvalue weighted by Crippen LogP contribution is 2.32. The van der Waals surface area contributed by atoms with E-state index in [2.05, 4.69) is 9.69 Å². The molecular formula is C10H15F3N4OS. The fourth-order valence-electron chi connectivity index (χ4n) is 1.59. The van der Waals surface area contributed by atoms with Gasteiger partial charge in [0.15, 0.2) is 5.82 Å². The third-order valence-corrected chi connectivity index (χ3v) is 3.23. The van der Waals surface area contributed by atoms with Crippen LogP contribution in [0.3, 0.4) is 0 Å². The lowest BCUT2D eigenvalue weighted by atomic mass is 10.2. The SMILES string of the molecule is CCCN(CC(F)(F)F)c1snc(N)c1C(=O)NC. The van der Waals surface area contributed by atoms with Crippen LogP contribution >= 0.6 is 11.5 Å². The molecule has 3 N–H and O–H groups in total. The summed E-state index contributed by atoms with van der Waals surface area (Å²) in [6.07, 6.45) is -3.84.